The van der Waals surface area contributed by atoms with Gasteiger partial charge in [0.15, 0.2) is 0 Å². The van der Waals surface area contributed by atoms with Crippen molar-refractivity contribution in [2.75, 3.05) is 18.4 Å². The third-order valence-corrected chi connectivity index (χ3v) is 6.99. The number of Topliss-reactive ketones (excluding diaryl/α,β-unsaturated/α-hetero) is 1. The number of nitrogens with one attached hydrogen (secondary N) is 1. The van der Waals surface area contributed by atoms with Crippen molar-refractivity contribution in [2.24, 2.45) is 0 Å². The number of anilines is 1. The van der Waals surface area contributed by atoms with Crippen LogP contribution in [0.4, 0.5) is 5.82 Å². The number of pyridine rings is 1. The van der Waals surface area contributed by atoms with Gasteiger partial charge < -0.3 is 15.3 Å². The number of benzene rings is 3. The highest BCUT2D eigenvalue weighted by molar-refractivity contribution is 6.36. The summed E-state index contributed by atoms with van der Waals surface area (Å²) in [5, 5.41) is 20.1. The number of phenolic OH excluding ortho intramolecular Hbond substituents is 1. The molecule has 1 fully saturated rings. The Labute approximate surface area is 234 Å². The van der Waals surface area contributed by atoms with Crippen LogP contribution in [0, 0.1) is 0 Å². The molecular formula is C32H29BN4O3. The van der Waals surface area contributed by atoms with Crippen molar-refractivity contribution in [3.05, 3.63) is 108 Å². The minimum atomic E-state index is 0.208. The summed E-state index contributed by atoms with van der Waals surface area (Å²) in [4.78, 5) is 18.3. The van der Waals surface area contributed by atoms with Crippen molar-refractivity contribution in [2.45, 2.75) is 25.8 Å². The highest BCUT2D eigenvalue weighted by Crippen LogP contribution is 2.31. The molecule has 3 heterocycles. The Morgan fingerprint density at radius 1 is 0.950 bits per heavy atom. The molecule has 0 aliphatic carbocycles. The number of hydroxylamine groups is 2. The first-order valence-electron chi connectivity index (χ1n) is 13.4. The SMILES string of the molecule is [B]c1cnn2c(NCc3ccc(CCC(=O)Cc4cccc(ON5CC5)c4)cc3)cc(-c3ccccc3O)cc12. The number of carbonyl (C=O) groups excluding carboxylic acids is 1. The van der Waals surface area contributed by atoms with Gasteiger partial charge in [0, 0.05) is 31.1 Å². The summed E-state index contributed by atoms with van der Waals surface area (Å²) >= 11 is 0. The Bertz CT molecular complexity index is 1660. The zero-order valence-electron chi connectivity index (χ0n) is 22.1. The summed E-state index contributed by atoms with van der Waals surface area (Å²) in [5.74, 6) is 1.97. The van der Waals surface area contributed by atoms with E-state index in [1.807, 2.05) is 53.6 Å². The number of aryl methyl sites for hydroxylation is 1. The average Bonchev–Trinajstić information content (AvgIpc) is 3.70. The fraction of sp³-hybridized carbons (Fsp3) is 0.188. The molecule has 1 aliphatic rings. The molecule has 0 amide bonds. The number of hydrogen-bond donors (Lipinski definition) is 2. The standard InChI is InChI=1S/C32H29BN4O3/c33-29-21-35-37-30(29)18-25(28-6-1-2-7-31(28)39)19-32(37)34-20-23-10-8-22(9-11-23)12-13-26(38)16-24-4-3-5-27(17-24)40-36-14-15-36/h1-11,17-19,21,34,39H,12-16,20H2. The quantitative estimate of drug-likeness (QED) is 0.195. The van der Waals surface area contributed by atoms with Crippen LogP contribution >= 0.6 is 0 Å². The first-order chi connectivity index (χ1) is 19.5. The molecule has 0 atom stereocenters. The summed E-state index contributed by atoms with van der Waals surface area (Å²) in [6, 6.07) is 27.2. The van der Waals surface area contributed by atoms with Gasteiger partial charge in [0.1, 0.15) is 30.9 Å². The third-order valence-electron chi connectivity index (χ3n) is 6.99. The van der Waals surface area contributed by atoms with E-state index in [0.29, 0.717) is 31.3 Å². The highest BCUT2D eigenvalue weighted by atomic mass is 16.7. The van der Waals surface area contributed by atoms with Crippen molar-refractivity contribution >= 4 is 30.4 Å². The second-order valence-corrected chi connectivity index (χ2v) is 10.1. The lowest BCUT2D eigenvalue weighted by Gasteiger charge is -2.13. The maximum absolute atomic E-state index is 12.6. The molecule has 0 spiro atoms. The summed E-state index contributed by atoms with van der Waals surface area (Å²) in [5.41, 5.74) is 6.11. The molecular weight excluding hydrogens is 499 g/mol. The molecule has 3 aromatic carbocycles. The molecule has 0 bridgehead atoms. The third kappa shape index (κ3) is 6.02. The number of hydrogen-bond acceptors (Lipinski definition) is 6. The van der Waals surface area contributed by atoms with Crippen LogP contribution in [-0.4, -0.2) is 46.5 Å². The van der Waals surface area contributed by atoms with Gasteiger partial charge in [0.2, 0.25) is 0 Å². The smallest absolute Gasteiger partial charge is 0.147 e. The van der Waals surface area contributed by atoms with Crippen molar-refractivity contribution in [3.8, 4) is 22.6 Å². The first-order valence-corrected chi connectivity index (χ1v) is 13.4. The second kappa shape index (κ2) is 11.3. The van der Waals surface area contributed by atoms with E-state index in [2.05, 4.69) is 34.7 Å². The largest absolute Gasteiger partial charge is 0.507 e. The minimum Gasteiger partial charge on any atom is -0.507 e. The maximum Gasteiger partial charge on any atom is 0.147 e. The molecule has 40 heavy (non-hydrogen) atoms. The number of carbonyl (C=O) groups is 1. The Kier molecular flexibility index (Phi) is 7.25. The molecule has 2 N–H and O–H groups in total. The number of aromatic nitrogens is 2. The van der Waals surface area contributed by atoms with E-state index in [-0.39, 0.29) is 11.5 Å². The Morgan fingerprint density at radius 2 is 1.75 bits per heavy atom. The molecule has 5 aromatic rings. The van der Waals surface area contributed by atoms with Gasteiger partial charge in [0.05, 0.1) is 18.6 Å². The number of nitrogens with zero attached hydrogens (tertiary/aromatic N) is 3. The van der Waals surface area contributed by atoms with Gasteiger partial charge >= 0.3 is 0 Å². The molecule has 1 saturated heterocycles. The predicted octanol–water partition coefficient (Wildman–Crippen LogP) is 4.47. The van der Waals surface area contributed by atoms with Crippen LogP contribution in [0.3, 0.4) is 0 Å². The zero-order chi connectivity index (χ0) is 27.5. The predicted molar refractivity (Wildman–Crippen MR) is 157 cm³/mol. The topological polar surface area (TPSA) is 78.9 Å². The number of fused-ring (bicyclic) bond motifs is 1. The van der Waals surface area contributed by atoms with E-state index in [4.69, 9.17) is 12.7 Å². The van der Waals surface area contributed by atoms with Crippen LogP contribution in [0.15, 0.2) is 91.1 Å². The van der Waals surface area contributed by atoms with Gasteiger partial charge in [0.25, 0.3) is 0 Å². The van der Waals surface area contributed by atoms with Crippen molar-refractivity contribution in [3.63, 3.8) is 0 Å². The molecule has 8 heteroatoms. The van der Waals surface area contributed by atoms with E-state index in [1.165, 1.54) is 0 Å². The summed E-state index contributed by atoms with van der Waals surface area (Å²) in [6.07, 6.45) is 3.23. The fourth-order valence-electron chi connectivity index (χ4n) is 4.71. The van der Waals surface area contributed by atoms with Crippen molar-refractivity contribution in [1.29, 1.82) is 0 Å². The van der Waals surface area contributed by atoms with Gasteiger partial charge in [-0.2, -0.15) is 5.10 Å². The average molecular weight is 528 g/mol. The molecule has 2 aromatic heterocycles. The fourth-order valence-corrected chi connectivity index (χ4v) is 4.71. The Balaban J connectivity index is 1.07. The number of ketones is 1. The molecule has 0 unspecified atom stereocenters. The van der Waals surface area contributed by atoms with Crippen molar-refractivity contribution in [1.82, 2.24) is 14.7 Å². The van der Waals surface area contributed by atoms with E-state index in [0.717, 1.165) is 58.0 Å². The van der Waals surface area contributed by atoms with Gasteiger partial charge in [-0.25, -0.2) is 4.52 Å². The van der Waals surface area contributed by atoms with Crippen LogP contribution in [-0.2, 0) is 24.2 Å². The van der Waals surface area contributed by atoms with Gasteiger partial charge in [-0.05, 0) is 59.0 Å². The summed E-state index contributed by atoms with van der Waals surface area (Å²) in [6.45, 7) is 2.48. The zero-order valence-corrected chi connectivity index (χ0v) is 22.1. The number of rotatable bonds is 11. The first kappa shape index (κ1) is 25.7. The van der Waals surface area contributed by atoms with Crippen molar-refractivity contribution < 1.29 is 14.7 Å². The van der Waals surface area contributed by atoms with Gasteiger partial charge in [-0.1, -0.05) is 60.1 Å². The molecule has 7 nitrogen and oxygen atoms in total. The second-order valence-electron chi connectivity index (χ2n) is 10.1. The Morgan fingerprint density at radius 3 is 2.55 bits per heavy atom. The van der Waals surface area contributed by atoms with Gasteiger partial charge in [-0.3, -0.25) is 4.79 Å². The van der Waals surface area contributed by atoms with Crippen LogP contribution < -0.4 is 15.6 Å². The van der Waals surface area contributed by atoms with E-state index < -0.39 is 0 Å². The normalized spacial score (nSPS) is 12.9. The number of aromatic hydroxyl groups is 1. The van der Waals surface area contributed by atoms with E-state index >= 15 is 0 Å². The lowest BCUT2D eigenvalue weighted by atomic mass is 9.96. The molecule has 1 aliphatic heterocycles. The van der Waals surface area contributed by atoms with Crippen LogP contribution in [0.25, 0.3) is 16.6 Å². The lowest BCUT2D eigenvalue weighted by Crippen LogP contribution is -2.08. The van der Waals surface area contributed by atoms with E-state index in [9.17, 15) is 9.90 Å². The molecule has 198 valence electrons. The summed E-state index contributed by atoms with van der Waals surface area (Å²) in [7, 11) is 6.17. The monoisotopic (exact) mass is 528 g/mol. The van der Waals surface area contributed by atoms with Gasteiger partial charge in [-0.15, -0.1) is 5.06 Å². The summed E-state index contributed by atoms with van der Waals surface area (Å²) < 4.78 is 1.77. The molecule has 2 radical (unpaired) electrons. The molecule has 6 rings (SSSR count). The molecule has 0 saturated carbocycles. The van der Waals surface area contributed by atoms with Crippen LogP contribution in [0.1, 0.15) is 23.1 Å². The number of para-hydroxylation sites is 1. The number of phenols is 1. The highest BCUT2D eigenvalue weighted by Gasteiger charge is 2.19. The lowest BCUT2D eigenvalue weighted by molar-refractivity contribution is -0.118. The van der Waals surface area contributed by atoms with Crippen LogP contribution in [0.2, 0.25) is 0 Å². The van der Waals surface area contributed by atoms with E-state index in [1.54, 1.807) is 22.8 Å². The van der Waals surface area contributed by atoms with Crippen LogP contribution in [0.5, 0.6) is 11.5 Å². The Hall–Kier alpha value is -4.56. The maximum atomic E-state index is 12.6. The minimum absolute atomic E-state index is 0.208.